The van der Waals surface area contributed by atoms with Gasteiger partial charge in [-0.25, -0.2) is 0 Å². The van der Waals surface area contributed by atoms with Crippen molar-refractivity contribution in [2.75, 3.05) is 0 Å². The molecule has 3 heteroatoms. The molecule has 10 atom stereocenters. The summed E-state index contributed by atoms with van der Waals surface area (Å²) in [5, 5.41) is 21.6. The normalized spacial score (nSPS) is 47.9. The molecule has 4 aliphatic carbocycles. The first kappa shape index (κ1) is 23.7. The van der Waals surface area contributed by atoms with E-state index in [0.717, 1.165) is 57.8 Å². The van der Waals surface area contributed by atoms with Crippen LogP contribution in [-0.2, 0) is 4.79 Å². The molecule has 0 aromatic rings. The number of Topliss-reactive ketones (excluding diaryl/α,β-unsaturated/α-hetero) is 1. The Bertz CT molecular complexity index is 646. The molecule has 0 aliphatic heterocycles. The average molecular weight is 433 g/mol. The second-order valence-electron chi connectivity index (χ2n) is 12.6. The molecular formula is C28H48O3. The standard InChI is InChI=1S/C28H48O3/c1-5-6-7-20(29)9-8-18(2)22-10-11-23-26-24(13-15-28(22,23)4)27(3)14-12-21(30)16-19(27)17-25(26)31/h18-19,21-26,30-31H,5-17H2,1-4H3. The Balaban J connectivity index is 1.46. The summed E-state index contributed by atoms with van der Waals surface area (Å²) in [6.07, 6.45) is 13.3. The molecule has 4 fully saturated rings. The van der Waals surface area contributed by atoms with Gasteiger partial charge in [0.15, 0.2) is 0 Å². The Morgan fingerprint density at radius 2 is 1.68 bits per heavy atom. The van der Waals surface area contributed by atoms with Crippen LogP contribution in [0.3, 0.4) is 0 Å². The van der Waals surface area contributed by atoms with Gasteiger partial charge >= 0.3 is 0 Å². The van der Waals surface area contributed by atoms with Crippen molar-refractivity contribution < 1.29 is 15.0 Å². The monoisotopic (exact) mass is 432 g/mol. The fraction of sp³-hybridized carbons (Fsp3) is 0.964. The predicted molar refractivity (Wildman–Crippen MR) is 126 cm³/mol. The number of rotatable bonds is 7. The van der Waals surface area contributed by atoms with Crippen LogP contribution in [0.1, 0.15) is 111 Å². The molecule has 0 aromatic carbocycles. The van der Waals surface area contributed by atoms with E-state index in [0.29, 0.717) is 52.1 Å². The zero-order valence-electron chi connectivity index (χ0n) is 20.6. The fourth-order valence-corrected chi connectivity index (χ4v) is 9.26. The van der Waals surface area contributed by atoms with Gasteiger partial charge in [-0.05, 0) is 111 Å². The number of aliphatic hydroxyl groups is 2. The van der Waals surface area contributed by atoms with E-state index < -0.39 is 0 Å². The van der Waals surface area contributed by atoms with Crippen molar-refractivity contribution in [3.63, 3.8) is 0 Å². The molecule has 0 aromatic heterocycles. The zero-order chi connectivity index (χ0) is 22.4. The maximum Gasteiger partial charge on any atom is 0.132 e. The SMILES string of the molecule is CCCCC(=O)CCC(C)C1CCC2C3C(O)CC4CC(O)CCC4(C)C3CCC12C. The van der Waals surface area contributed by atoms with Gasteiger partial charge in [0.25, 0.3) is 0 Å². The quantitative estimate of drug-likeness (QED) is 0.507. The Kier molecular flexibility index (Phi) is 6.96. The smallest absolute Gasteiger partial charge is 0.132 e. The van der Waals surface area contributed by atoms with Gasteiger partial charge in [-0.3, -0.25) is 4.79 Å². The molecule has 4 rings (SSSR count). The van der Waals surface area contributed by atoms with Crippen LogP contribution >= 0.6 is 0 Å². The van der Waals surface area contributed by atoms with Crippen LogP contribution in [0.25, 0.3) is 0 Å². The average Bonchev–Trinajstić information content (AvgIpc) is 3.09. The van der Waals surface area contributed by atoms with Crippen LogP contribution in [0.5, 0.6) is 0 Å². The van der Waals surface area contributed by atoms with Gasteiger partial charge in [-0.1, -0.05) is 34.1 Å². The number of hydrogen-bond donors (Lipinski definition) is 2. The summed E-state index contributed by atoms with van der Waals surface area (Å²) >= 11 is 0. The predicted octanol–water partition coefficient (Wildman–Crippen LogP) is 6.15. The third-order valence-corrected chi connectivity index (χ3v) is 11.1. The van der Waals surface area contributed by atoms with Gasteiger partial charge in [0.05, 0.1) is 12.2 Å². The molecule has 0 spiro atoms. The third kappa shape index (κ3) is 4.16. The van der Waals surface area contributed by atoms with Crippen LogP contribution in [0.4, 0.5) is 0 Å². The van der Waals surface area contributed by atoms with Gasteiger partial charge in [-0.15, -0.1) is 0 Å². The lowest BCUT2D eigenvalue weighted by molar-refractivity contribution is -0.174. The first-order chi connectivity index (χ1) is 14.7. The van der Waals surface area contributed by atoms with E-state index in [2.05, 4.69) is 27.7 Å². The summed E-state index contributed by atoms with van der Waals surface area (Å²) in [6, 6.07) is 0. The molecular weight excluding hydrogens is 384 g/mol. The molecule has 10 unspecified atom stereocenters. The highest BCUT2D eigenvalue weighted by molar-refractivity contribution is 5.78. The van der Waals surface area contributed by atoms with Crippen LogP contribution < -0.4 is 0 Å². The molecule has 0 bridgehead atoms. The molecule has 0 saturated heterocycles. The van der Waals surface area contributed by atoms with E-state index >= 15 is 0 Å². The third-order valence-electron chi connectivity index (χ3n) is 11.1. The van der Waals surface area contributed by atoms with Gasteiger partial charge in [0.2, 0.25) is 0 Å². The van der Waals surface area contributed by atoms with Gasteiger partial charge in [0.1, 0.15) is 5.78 Å². The summed E-state index contributed by atoms with van der Waals surface area (Å²) in [5.41, 5.74) is 0.630. The number of carbonyl (C=O) groups excluding carboxylic acids is 1. The van der Waals surface area contributed by atoms with Crippen molar-refractivity contribution in [3.05, 3.63) is 0 Å². The molecule has 2 N–H and O–H groups in total. The first-order valence-corrected chi connectivity index (χ1v) is 13.6. The van der Waals surface area contributed by atoms with Crippen molar-refractivity contribution in [3.8, 4) is 0 Å². The van der Waals surface area contributed by atoms with E-state index in [1.165, 1.54) is 25.7 Å². The van der Waals surface area contributed by atoms with Crippen molar-refractivity contribution in [1.29, 1.82) is 0 Å². The molecule has 4 saturated carbocycles. The van der Waals surface area contributed by atoms with Crippen molar-refractivity contribution in [2.24, 2.45) is 46.3 Å². The number of ketones is 1. The lowest BCUT2D eigenvalue weighted by atomic mass is 9.43. The number of unbranched alkanes of at least 4 members (excludes halogenated alkanes) is 1. The molecule has 4 aliphatic rings. The Morgan fingerprint density at radius 3 is 2.42 bits per heavy atom. The lowest BCUT2D eigenvalue weighted by Gasteiger charge is -2.62. The van der Waals surface area contributed by atoms with E-state index in [4.69, 9.17) is 0 Å². The molecule has 0 amide bonds. The van der Waals surface area contributed by atoms with Crippen molar-refractivity contribution >= 4 is 5.78 Å². The van der Waals surface area contributed by atoms with Crippen LogP contribution in [0.2, 0.25) is 0 Å². The summed E-state index contributed by atoms with van der Waals surface area (Å²) < 4.78 is 0. The zero-order valence-corrected chi connectivity index (χ0v) is 20.6. The summed E-state index contributed by atoms with van der Waals surface area (Å²) in [4.78, 5) is 12.3. The Labute approximate surface area is 190 Å². The second kappa shape index (κ2) is 9.09. The van der Waals surface area contributed by atoms with E-state index in [1.807, 2.05) is 0 Å². The maximum absolute atomic E-state index is 12.3. The number of fused-ring (bicyclic) bond motifs is 5. The highest BCUT2D eigenvalue weighted by atomic mass is 16.3. The summed E-state index contributed by atoms with van der Waals surface area (Å²) in [6.45, 7) is 9.58. The van der Waals surface area contributed by atoms with Gasteiger partial charge in [0, 0.05) is 12.8 Å². The van der Waals surface area contributed by atoms with E-state index in [-0.39, 0.29) is 12.2 Å². The van der Waals surface area contributed by atoms with Crippen LogP contribution in [0, 0.1) is 46.3 Å². The molecule has 0 radical (unpaired) electrons. The molecule has 178 valence electrons. The van der Waals surface area contributed by atoms with E-state index in [1.54, 1.807) is 0 Å². The highest BCUT2D eigenvalue weighted by Crippen LogP contribution is 2.68. The molecule has 0 heterocycles. The largest absolute Gasteiger partial charge is 0.393 e. The summed E-state index contributed by atoms with van der Waals surface area (Å²) in [7, 11) is 0. The fourth-order valence-electron chi connectivity index (χ4n) is 9.26. The number of aliphatic hydroxyl groups excluding tert-OH is 2. The molecule has 31 heavy (non-hydrogen) atoms. The first-order valence-electron chi connectivity index (χ1n) is 13.6. The maximum atomic E-state index is 12.3. The van der Waals surface area contributed by atoms with Crippen LogP contribution in [-0.4, -0.2) is 28.2 Å². The van der Waals surface area contributed by atoms with Crippen molar-refractivity contribution in [1.82, 2.24) is 0 Å². The van der Waals surface area contributed by atoms with Crippen LogP contribution in [0.15, 0.2) is 0 Å². The topological polar surface area (TPSA) is 57.5 Å². The highest BCUT2D eigenvalue weighted by Gasteiger charge is 2.62. The minimum Gasteiger partial charge on any atom is -0.393 e. The Hall–Kier alpha value is -0.410. The van der Waals surface area contributed by atoms with E-state index in [9.17, 15) is 15.0 Å². The Morgan fingerprint density at radius 1 is 0.968 bits per heavy atom. The van der Waals surface area contributed by atoms with Crippen molar-refractivity contribution in [2.45, 2.75) is 123 Å². The minimum atomic E-state index is -0.192. The summed E-state index contributed by atoms with van der Waals surface area (Å²) in [5.74, 6) is 3.94. The van der Waals surface area contributed by atoms with Gasteiger partial charge < -0.3 is 10.2 Å². The number of carbonyl (C=O) groups is 1. The van der Waals surface area contributed by atoms with Gasteiger partial charge in [-0.2, -0.15) is 0 Å². The number of hydrogen-bond acceptors (Lipinski definition) is 3. The molecule has 3 nitrogen and oxygen atoms in total. The lowest BCUT2D eigenvalue weighted by Crippen LogP contribution is -2.58. The minimum absolute atomic E-state index is 0.160. The second-order valence-corrected chi connectivity index (χ2v) is 12.6.